The lowest BCUT2D eigenvalue weighted by atomic mass is 9.99. The molecule has 0 saturated heterocycles. The van der Waals surface area contributed by atoms with Crippen LogP contribution in [0.15, 0.2) is 24.3 Å². The number of phosphoric ester groups is 2. The number of unbranched alkanes of at least 4 members (excludes halogenated alkanes) is 33. The number of esters is 4. The van der Waals surface area contributed by atoms with Gasteiger partial charge in [0.15, 0.2) is 12.2 Å². The summed E-state index contributed by atoms with van der Waals surface area (Å²) >= 11 is 0. The van der Waals surface area contributed by atoms with Crippen LogP contribution in [0.4, 0.5) is 0 Å². The van der Waals surface area contributed by atoms with Gasteiger partial charge < -0.3 is 33.8 Å². The Bertz CT molecular complexity index is 1900. The van der Waals surface area contributed by atoms with E-state index in [4.69, 9.17) is 37.0 Å². The van der Waals surface area contributed by atoms with Crippen molar-refractivity contribution in [3.63, 3.8) is 0 Å². The monoisotopic (exact) mass is 1350 g/mol. The van der Waals surface area contributed by atoms with Crippen molar-refractivity contribution in [1.82, 2.24) is 0 Å². The van der Waals surface area contributed by atoms with Crippen LogP contribution in [0.1, 0.15) is 344 Å². The van der Waals surface area contributed by atoms with Gasteiger partial charge in [-0.05, 0) is 69.1 Å². The fraction of sp³-hybridized carbons (Fsp3) is 0.890. The molecular formula is C73H138O17P2. The van der Waals surface area contributed by atoms with Gasteiger partial charge in [-0.1, -0.05) is 291 Å². The zero-order valence-electron chi connectivity index (χ0n) is 59.5. The van der Waals surface area contributed by atoms with Gasteiger partial charge in [0, 0.05) is 25.7 Å². The normalized spacial score (nSPS) is 14.6. The van der Waals surface area contributed by atoms with Gasteiger partial charge in [-0.25, -0.2) is 9.13 Å². The van der Waals surface area contributed by atoms with Crippen LogP contribution in [-0.2, 0) is 65.4 Å². The summed E-state index contributed by atoms with van der Waals surface area (Å²) in [5.41, 5.74) is 0. The van der Waals surface area contributed by atoms with E-state index in [0.717, 1.165) is 121 Å². The number of allylic oxidation sites excluding steroid dienone is 4. The molecule has 0 spiro atoms. The summed E-state index contributed by atoms with van der Waals surface area (Å²) in [5, 5.41) is 10.6. The summed E-state index contributed by atoms with van der Waals surface area (Å²) < 4.78 is 68.3. The summed E-state index contributed by atoms with van der Waals surface area (Å²) in [5.74, 6) is 0.0673. The first-order chi connectivity index (χ1) is 44.3. The fourth-order valence-corrected chi connectivity index (χ4v) is 12.1. The number of ether oxygens (including phenoxy) is 4. The first-order valence-corrected chi connectivity index (χ1v) is 40.2. The van der Waals surface area contributed by atoms with Crippen LogP contribution in [0.2, 0.25) is 0 Å². The fourth-order valence-electron chi connectivity index (χ4n) is 10.5. The minimum atomic E-state index is -4.96. The van der Waals surface area contributed by atoms with Crippen molar-refractivity contribution in [2.45, 2.75) is 362 Å². The molecule has 0 radical (unpaired) electrons. The molecule has 3 N–H and O–H groups in total. The smallest absolute Gasteiger partial charge is 0.462 e. The van der Waals surface area contributed by atoms with Gasteiger partial charge >= 0.3 is 39.5 Å². The molecule has 17 nitrogen and oxygen atoms in total. The molecule has 542 valence electrons. The average molecular weight is 1350 g/mol. The van der Waals surface area contributed by atoms with E-state index in [-0.39, 0.29) is 25.7 Å². The second-order valence-corrected chi connectivity index (χ2v) is 29.7. The Labute approximate surface area is 561 Å². The van der Waals surface area contributed by atoms with Crippen molar-refractivity contribution in [2.75, 3.05) is 39.6 Å². The van der Waals surface area contributed by atoms with Crippen LogP contribution in [0.3, 0.4) is 0 Å². The Morgan fingerprint density at radius 1 is 0.359 bits per heavy atom. The third kappa shape index (κ3) is 64.9. The zero-order chi connectivity index (χ0) is 68.0. The molecule has 0 aromatic carbocycles. The molecule has 0 aliphatic rings. The summed E-state index contributed by atoms with van der Waals surface area (Å²) in [6.45, 7) is 11.7. The second kappa shape index (κ2) is 63.3. The lowest BCUT2D eigenvalue weighted by Crippen LogP contribution is -2.30. The maximum Gasteiger partial charge on any atom is 0.472 e. The molecule has 0 aromatic rings. The van der Waals surface area contributed by atoms with Gasteiger partial charge in [0.25, 0.3) is 0 Å². The van der Waals surface area contributed by atoms with E-state index in [1.807, 2.05) is 0 Å². The van der Waals surface area contributed by atoms with E-state index in [2.05, 4.69) is 72.8 Å². The topological polar surface area (TPSA) is 237 Å². The lowest BCUT2D eigenvalue weighted by molar-refractivity contribution is -0.161. The molecule has 0 aliphatic carbocycles. The van der Waals surface area contributed by atoms with Crippen molar-refractivity contribution in [1.29, 1.82) is 0 Å². The molecule has 3 unspecified atom stereocenters. The highest BCUT2D eigenvalue weighted by Gasteiger charge is 2.30. The number of hydrogen-bond acceptors (Lipinski definition) is 15. The van der Waals surface area contributed by atoms with E-state index in [9.17, 15) is 43.2 Å². The van der Waals surface area contributed by atoms with E-state index in [0.29, 0.717) is 37.5 Å². The second-order valence-electron chi connectivity index (χ2n) is 26.8. The van der Waals surface area contributed by atoms with Gasteiger partial charge in [-0.15, -0.1) is 0 Å². The third-order valence-electron chi connectivity index (χ3n) is 16.6. The van der Waals surface area contributed by atoms with E-state index < -0.39 is 97.5 Å². The number of carbonyl (C=O) groups excluding carboxylic acids is 4. The highest BCUT2D eigenvalue weighted by molar-refractivity contribution is 7.47. The standard InChI is InChI=1S/C73H138O17P2/c1-8-10-11-12-13-14-15-16-17-21-24-27-32-42-49-57-73(78)90-69(61-84-71(76)55-48-41-36-35-38-45-52-65(5)6)63-88-92(81,82)86-59-67(74)58-85-91(79,80)87-62-68(60-83-70(75)54-47-40-34-29-30-37-44-51-64(3)4)89-72(77)56-50-43-33-28-25-22-19-18-20-23-26-31-39-46-53-66(7)9-2/h14-17,64-69,74H,8-13,18-63H2,1-7H3,(H,79,80)(H,81,82)/b15-14-,17-16-/t66?,67-,68-,69-/m1/s1. The van der Waals surface area contributed by atoms with Gasteiger partial charge in [-0.2, -0.15) is 0 Å². The molecule has 92 heavy (non-hydrogen) atoms. The van der Waals surface area contributed by atoms with E-state index >= 15 is 0 Å². The molecule has 0 aromatic heterocycles. The maximum atomic E-state index is 13.0. The Morgan fingerprint density at radius 2 is 0.641 bits per heavy atom. The highest BCUT2D eigenvalue weighted by atomic mass is 31.2. The third-order valence-corrected chi connectivity index (χ3v) is 18.5. The molecule has 0 heterocycles. The Kier molecular flexibility index (Phi) is 61.6. The number of aliphatic hydroxyl groups excluding tert-OH is 1. The minimum absolute atomic E-state index is 0.0835. The molecule has 0 bridgehead atoms. The lowest BCUT2D eigenvalue weighted by Gasteiger charge is -2.21. The molecule has 0 aliphatic heterocycles. The van der Waals surface area contributed by atoms with E-state index in [1.165, 1.54) is 128 Å². The number of rotatable bonds is 69. The molecule has 0 amide bonds. The zero-order valence-corrected chi connectivity index (χ0v) is 61.3. The van der Waals surface area contributed by atoms with E-state index in [1.54, 1.807) is 0 Å². The molecule has 19 heteroatoms. The molecule has 0 fully saturated rings. The Morgan fingerprint density at radius 3 is 0.967 bits per heavy atom. The van der Waals surface area contributed by atoms with Crippen LogP contribution >= 0.6 is 15.6 Å². The van der Waals surface area contributed by atoms with Gasteiger partial charge in [0.05, 0.1) is 26.4 Å². The van der Waals surface area contributed by atoms with Crippen LogP contribution in [-0.4, -0.2) is 96.7 Å². The first kappa shape index (κ1) is 89.5. The van der Waals surface area contributed by atoms with Crippen molar-refractivity contribution >= 4 is 39.5 Å². The summed E-state index contributed by atoms with van der Waals surface area (Å²) in [7, 11) is -9.92. The summed E-state index contributed by atoms with van der Waals surface area (Å²) in [6.07, 6.45) is 51.0. The van der Waals surface area contributed by atoms with Crippen LogP contribution in [0.25, 0.3) is 0 Å². The van der Waals surface area contributed by atoms with Crippen molar-refractivity contribution in [2.24, 2.45) is 17.8 Å². The minimum Gasteiger partial charge on any atom is -0.462 e. The Hall–Kier alpha value is -2.46. The number of hydrogen-bond donors (Lipinski definition) is 3. The van der Waals surface area contributed by atoms with Crippen molar-refractivity contribution in [3.8, 4) is 0 Å². The highest BCUT2D eigenvalue weighted by Crippen LogP contribution is 2.45. The largest absolute Gasteiger partial charge is 0.472 e. The predicted molar refractivity (Wildman–Crippen MR) is 372 cm³/mol. The molecule has 6 atom stereocenters. The Balaban J connectivity index is 5.24. The predicted octanol–water partition coefficient (Wildman–Crippen LogP) is 20.6. The van der Waals surface area contributed by atoms with Crippen LogP contribution < -0.4 is 0 Å². The summed E-state index contributed by atoms with van der Waals surface area (Å²) in [4.78, 5) is 72.6. The number of phosphoric acid groups is 2. The van der Waals surface area contributed by atoms with Crippen LogP contribution in [0, 0.1) is 17.8 Å². The van der Waals surface area contributed by atoms with Gasteiger partial charge in [0.1, 0.15) is 19.3 Å². The summed E-state index contributed by atoms with van der Waals surface area (Å²) in [6, 6.07) is 0. The van der Waals surface area contributed by atoms with Gasteiger partial charge in [-0.3, -0.25) is 37.3 Å². The van der Waals surface area contributed by atoms with Crippen LogP contribution in [0.5, 0.6) is 0 Å². The SMILES string of the molecule is CCCCCC/C=C\C=C/CCCCCCCC(=O)O[C@H](COC(=O)CCCCCCCCC(C)C)COP(=O)(O)OC[C@H](O)COP(=O)(O)OC[C@@H](COC(=O)CCCCCCCCCC(C)C)OC(=O)CCCCCCCCCCCCCCCCC(C)CC. The molecule has 0 rings (SSSR count). The average Bonchev–Trinajstić information content (AvgIpc) is 1.81. The van der Waals surface area contributed by atoms with Crippen molar-refractivity contribution in [3.05, 3.63) is 24.3 Å². The van der Waals surface area contributed by atoms with Crippen molar-refractivity contribution < 1.29 is 80.2 Å². The number of aliphatic hydroxyl groups is 1. The number of carbonyl (C=O) groups is 4. The first-order valence-electron chi connectivity index (χ1n) is 37.2. The maximum absolute atomic E-state index is 13.0. The molecular weight excluding hydrogens is 1210 g/mol. The quantitative estimate of drug-likeness (QED) is 0.0169. The van der Waals surface area contributed by atoms with Gasteiger partial charge in [0.2, 0.25) is 0 Å². The molecule has 0 saturated carbocycles.